The Morgan fingerprint density at radius 3 is 2.55 bits per heavy atom. The zero-order chi connectivity index (χ0) is 24.2. The average Bonchev–Trinajstić information content (AvgIpc) is 3.14. The number of hydrogen-bond acceptors (Lipinski definition) is 4. The average molecular weight is 483 g/mol. The van der Waals surface area contributed by atoms with Crippen molar-refractivity contribution in [2.45, 2.75) is 38.7 Å². The molecule has 1 heterocycles. The Morgan fingerprint density at radius 2 is 1.88 bits per heavy atom. The molecule has 0 unspecified atom stereocenters. The quantitative estimate of drug-likeness (QED) is 0.412. The Labute approximate surface area is 193 Å². The fraction of sp³-hybridized carbons (Fsp3) is 0.304. The van der Waals surface area contributed by atoms with Gasteiger partial charge in [-0.3, -0.25) is 5.10 Å². The van der Waals surface area contributed by atoms with Crippen LogP contribution in [-0.2, 0) is 22.6 Å². The summed E-state index contributed by atoms with van der Waals surface area (Å²) in [6.07, 6.45) is -4.12. The zero-order valence-corrected chi connectivity index (χ0v) is 18.6. The van der Waals surface area contributed by atoms with Crippen LogP contribution < -0.4 is 4.74 Å². The normalized spacial score (nSPS) is 12.1. The van der Waals surface area contributed by atoms with E-state index < -0.39 is 24.4 Å². The molecule has 176 valence electrons. The first-order chi connectivity index (χ1) is 15.5. The number of halogens is 4. The van der Waals surface area contributed by atoms with Crippen LogP contribution in [0.5, 0.6) is 5.75 Å². The van der Waals surface area contributed by atoms with Gasteiger partial charge in [0.2, 0.25) is 0 Å². The fourth-order valence-electron chi connectivity index (χ4n) is 3.00. The van der Waals surface area contributed by atoms with Gasteiger partial charge in [0.25, 0.3) is 0 Å². The summed E-state index contributed by atoms with van der Waals surface area (Å²) in [5.74, 6) is -1.08. The lowest BCUT2D eigenvalue weighted by Gasteiger charge is -2.19. The zero-order valence-electron chi connectivity index (χ0n) is 17.9. The number of aliphatic carboxylic acids is 1. The van der Waals surface area contributed by atoms with Crippen molar-refractivity contribution in [2.24, 2.45) is 0 Å². The predicted molar refractivity (Wildman–Crippen MR) is 116 cm³/mol. The van der Waals surface area contributed by atoms with Crippen molar-refractivity contribution < 1.29 is 32.5 Å². The van der Waals surface area contributed by atoms with Gasteiger partial charge in [0.05, 0.1) is 18.0 Å². The lowest BCUT2D eigenvalue weighted by Crippen LogP contribution is -2.34. The molecular weight excluding hydrogens is 461 g/mol. The minimum absolute atomic E-state index is 0.0490. The van der Waals surface area contributed by atoms with Crippen LogP contribution in [0.3, 0.4) is 0 Å². The molecule has 0 atom stereocenters. The van der Waals surface area contributed by atoms with Crippen LogP contribution in [0.15, 0.2) is 48.5 Å². The summed E-state index contributed by atoms with van der Waals surface area (Å²) >= 11 is 6.33. The molecule has 2 aromatic carbocycles. The molecule has 10 heteroatoms. The maximum absolute atomic E-state index is 12.5. The molecule has 6 nitrogen and oxygen atoms in total. The van der Waals surface area contributed by atoms with Crippen LogP contribution in [-0.4, -0.2) is 39.7 Å². The van der Waals surface area contributed by atoms with Gasteiger partial charge in [-0.2, -0.15) is 18.3 Å². The van der Waals surface area contributed by atoms with E-state index in [0.29, 0.717) is 34.0 Å². The Kier molecular flexibility index (Phi) is 7.34. The highest BCUT2D eigenvalue weighted by atomic mass is 35.5. The molecule has 1 aromatic heterocycles. The number of alkyl halides is 3. The molecule has 2 N–H and O–H groups in total. The highest BCUT2D eigenvalue weighted by Gasteiger charge is 2.30. The molecule has 0 amide bonds. The topological polar surface area (TPSA) is 84.4 Å². The monoisotopic (exact) mass is 482 g/mol. The lowest BCUT2D eigenvalue weighted by atomic mass is 9.99. The third-order valence-electron chi connectivity index (χ3n) is 4.89. The van der Waals surface area contributed by atoms with Crippen molar-refractivity contribution in [3.63, 3.8) is 0 Å². The number of nitrogens with one attached hydrogen (secondary N) is 1. The molecule has 0 saturated heterocycles. The van der Waals surface area contributed by atoms with Gasteiger partial charge in [-0.1, -0.05) is 41.9 Å². The Balaban J connectivity index is 1.97. The van der Waals surface area contributed by atoms with Crippen LogP contribution in [0, 0.1) is 0 Å². The number of carboxylic acid groups (broad SMARTS) is 1. The van der Waals surface area contributed by atoms with Crippen molar-refractivity contribution in [2.75, 3.05) is 6.61 Å². The van der Waals surface area contributed by atoms with Gasteiger partial charge in [-0.05, 0) is 37.6 Å². The van der Waals surface area contributed by atoms with E-state index in [1.54, 1.807) is 24.3 Å². The standard InChI is InChI=1S/C23H22ClF3N2O4/c1-22(2,21(30)31)33-12-19-17(11-14-6-3-4-9-18(14)24)20(29-28-19)15-7-5-8-16(10-15)32-13-23(25,26)27/h3-10H,11-13H2,1-2H3,(H,28,29)(H,30,31). The van der Waals surface area contributed by atoms with Crippen LogP contribution in [0.2, 0.25) is 5.02 Å². The number of aromatic amines is 1. The first-order valence-corrected chi connectivity index (χ1v) is 10.3. The molecule has 33 heavy (non-hydrogen) atoms. The summed E-state index contributed by atoms with van der Waals surface area (Å²) in [7, 11) is 0. The van der Waals surface area contributed by atoms with Gasteiger partial charge in [-0.25, -0.2) is 4.79 Å². The fourth-order valence-corrected chi connectivity index (χ4v) is 3.20. The molecule has 0 aliphatic heterocycles. The van der Waals surface area contributed by atoms with Gasteiger partial charge in [-0.15, -0.1) is 0 Å². The van der Waals surface area contributed by atoms with Gasteiger partial charge >= 0.3 is 12.1 Å². The van der Waals surface area contributed by atoms with Crippen molar-refractivity contribution in [1.29, 1.82) is 0 Å². The summed E-state index contributed by atoms with van der Waals surface area (Å²) in [6, 6.07) is 13.4. The number of H-pyrrole nitrogens is 1. The predicted octanol–water partition coefficient (Wildman–Crippen LogP) is 5.64. The van der Waals surface area contributed by atoms with E-state index in [1.807, 2.05) is 12.1 Å². The minimum atomic E-state index is -4.46. The third-order valence-corrected chi connectivity index (χ3v) is 5.26. The van der Waals surface area contributed by atoms with Gasteiger partial charge in [0.15, 0.2) is 12.2 Å². The van der Waals surface area contributed by atoms with Crippen molar-refractivity contribution >= 4 is 17.6 Å². The number of carboxylic acids is 1. The van der Waals surface area contributed by atoms with Gasteiger partial charge in [0, 0.05) is 22.6 Å². The summed E-state index contributed by atoms with van der Waals surface area (Å²) < 4.78 is 48.1. The second-order valence-electron chi connectivity index (χ2n) is 7.83. The molecule has 0 radical (unpaired) electrons. The molecular formula is C23H22ClF3N2O4. The van der Waals surface area contributed by atoms with Crippen LogP contribution in [0.1, 0.15) is 30.7 Å². The lowest BCUT2D eigenvalue weighted by molar-refractivity contribution is -0.162. The number of carbonyl (C=O) groups is 1. The van der Waals surface area contributed by atoms with E-state index in [1.165, 1.54) is 26.0 Å². The number of nitrogens with zero attached hydrogens (tertiary/aromatic N) is 1. The van der Waals surface area contributed by atoms with E-state index in [9.17, 15) is 23.1 Å². The van der Waals surface area contributed by atoms with Gasteiger partial charge in [0.1, 0.15) is 5.75 Å². The maximum Gasteiger partial charge on any atom is 0.422 e. The second kappa shape index (κ2) is 9.84. The second-order valence-corrected chi connectivity index (χ2v) is 8.24. The van der Waals surface area contributed by atoms with E-state index in [0.717, 1.165) is 5.56 Å². The summed E-state index contributed by atoms with van der Waals surface area (Å²) in [6.45, 7) is 1.35. The van der Waals surface area contributed by atoms with Crippen LogP contribution in [0.4, 0.5) is 13.2 Å². The molecule has 0 bridgehead atoms. The number of hydrogen-bond donors (Lipinski definition) is 2. The van der Waals surface area contributed by atoms with E-state index in [-0.39, 0.29) is 12.4 Å². The Bertz CT molecular complexity index is 1130. The highest BCUT2D eigenvalue weighted by Crippen LogP contribution is 2.31. The Hall–Kier alpha value is -3.04. The number of rotatable bonds is 9. The number of benzene rings is 2. The summed E-state index contributed by atoms with van der Waals surface area (Å²) in [5, 5.41) is 17.0. The highest BCUT2D eigenvalue weighted by molar-refractivity contribution is 6.31. The number of ether oxygens (including phenoxy) is 2. The van der Waals surface area contributed by atoms with Crippen molar-refractivity contribution in [3.8, 4) is 17.0 Å². The van der Waals surface area contributed by atoms with Crippen molar-refractivity contribution in [1.82, 2.24) is 10.2 Å². The Morgan fingerprint density at radius 1 is 1.15 bits per heavy atom. The molecule has 3 rings (SSSR count). The smallest absolute Gasteiger partial charge is 0.422 e. The van der Waals surface area contributed by atoms with Crippen LogP contribution in [0.25, 0.3) is 11.3 Å². The van der Waals surface area contributed by atoms with Gasteiger partial charge < -0.3 is 14.6 Å². The number of aromatic nitrogens is 2. The minimum Gasteiger partial charge on any atom is -0.484 e. The first-order valence-electron chi connectivity index (χ1n) is 9.93. The van der Waals surface area contributed by atoms with Crippen LogP contribution >= 0.6 is 11.6 Å². The largest absolute Gasteiger partial charge is 0.484 e. The molecule has 3 aromatic rings. The van der Waals surface area contributed by atoms with E-state index in [2.05, 4.69) is 10.2 Å². The molecule has 0 spiro atoms. The molecule has 0 saturated carbocycles. The SMILES string of the molecule is CC(C)(OCc1n[nH]c(-c2cccc(OCC(F)(F)F)c2)c1Cc1ccccc1Cl)C(=O)O. The van der Waals surface area contributed by atoms with E-state index >= 15 is 0 Å². The van der Waals surface area contributed by atoms with Crippen molar-refractivity contribution in [3.05, 3.63) is 70.4 Å². The molecule has 0 fully saturated rings. The molecule has 0 aliphatic carbocycles. The summed E-state index contributed by atoms with van der Waals surface area (Å²) in [5.41, 5.74) is 1.59. The summed E-state index contributed by atoms with van der Waals surface area (Å²) in [4.78, 5) is 11.4. The third kappa shape index (κ3) is 6.49. The molecule has 0 aliphatic rings. The van der Waals surface area contributed by atoms with E-state index in [4.69, 9.17) is 21.1 Å². The maximum atomic E-state index is 12.5. The first kappa shape index (κ1) is 24.6.